The summed E-state index contributed by atoms with van der Waals surface area (Å²) in [5.41, 5.74) is 1.94. The second-order valence-corrected chi connectivity index (χ2v) is 6.54. The van der Waals surface area contributed by atoms with Gasteiger partial charge in [-0.3, -0.25) is 9.88 Å². The zero-order valence-electron chi connectivity index (χ0n) is 12.7. The molecule has 3 saturated heterocycles. The van der Waals surface area contributed by atoms with Crippen LogP contribution < -0.4 is 0 Å². The Morgan fingerprint density at radius 1 is 1.23 bits per heavy atom. The van der Waals surface area contributed by atoms with Gasteiger partial charge < -0.3 is 5.11 Å². The third-order valence-electron chi connectivity index (χ3n) is 5.53. The van der Waals surface area contributed by atoms with Crippen LogP contribution in [0, 0.1) is 11.8 Å². The molecule has 0 aliphatic carbocycles. The molecule has 1 aromatic carbocycles. The summed E-state index contributed by atoms with van der Waals surface area (Å²) >= 11 is 0. The van der Waals surface area contributed by atoms with Crippen molar-refractivity contribution in [3.05, 3.63) is 54.7 Å². The molecule has 3 atom stereocenters. The number of hydrogen-bond acceptors (Lipinski definition) is 3. The largest absolute Gasteiger partial charge is 0.387 e. The number of aliphatic hydroxyl groups excluding tert-OH is 1. The Kier molecular flexibility index (Phi) is 3.47. The van der Waals surface area contributed by atoms with E-state index in [4.69, 9.17) is 0 Å². The first-order chi connectivity index (χ1) is 10.8. The second-order valence-electron chi connectivity index (χ2n) is 6.54. The third kappa shape index (κ3) is 2.08. The van der Waals surface area contributed by atoms with Gasteiger partial charge in [-0.05, 0) is 55.5 Å². The number of nitrogens with zero attached hydrogens (tertiary/aromatic N) is 2. The monoisotopic (exact) mass is 294 g/mol. The van der Waals surface area contributed by atoms with E-state index in [2.05, 4.69) is 28.6 Å². The minimum Gasteiger partial charge on any atom is -0.387 e. The van der Waals surface area contributed by atoms with Gasteiger partial charge in [-0.15, -0.1) is 6.58 Å². The van der Waals surface area contributed by atoms with Crippen molar-refractivity contribution in [1.82, 2.24) is 9.88 Å². The lowest BCUT2D eigenvalue weighted by molar-refractivity contribution is -0.0554. The summed E-state index contributed by atoms with van der Waals surface area (Å²) in [7, 11) is 0. The normalized spacial score (nSPS) is 32.0. The molecule has 0 saturated carbocycles. The summed E-state index contributed by atoms with van der Waals surface area (Å²) in [6, 6.07) is 10.2. The molecule has 2 bridgehead atoms. The first kappa shape index (κ1) is 13.9. The van der Waals surface area contributed by atoms with E-state index in [1.807, 2.05) is 24.3 Å². The Morgan fingerprint density at radius 2 is 2.00 bits per heavy atom. The van der Waals surface area contributed by atoms with Gasteiger partial charge >= 0.3 is 0 Å². The Hall–Kier alpha value is -1.71. The van der Waals surface area contributed by atoms with Gasteiger partial charge in [-0.2, -0.15) is 0 Å². The van der Waals surface area contributed by atoms with Gasteiger partial charge in [0.15, 0.2) is 0 Å². The maximum atomic E-state index is 11.1. The maximum Gasteiger partial charge on any atom is 0.0958 e. The number of aliphatic hydroxyl groups is 1. The van der Waals surface area contributed by atoms with Crippen LogP contribution in [-0.2, 0) is 0 Å². The molecule has 0 spiro atoms. The summed E-state index contributed by atoms with van der Waals surface area (Å²) in [6.07, 6.45) is 5.85. The third-order valence-corrected chi connectivity index (χ3v) is 5.53. The van der Waals surface area contributed by atoms with E-state index in [9.17, 15) is 5.11 Å². The van der Waals surface area contributed by atoms with Crippen LogP contribution in [0.25, 0.3) is 10.9 Å². The molecule has 114 valence electrons. The fourth-order valence-corrected chi connectivity index (χ4v) is 4.43. The summed E-state index contributed by atoms with van der Waals surface area (Å²) in [5, 5.41) is 12.2. The van der Waals surface area contributed by atoms with Gasteiger partial charge in [-0.1, -0.05) is 24.3 Å². The molecule has 3 aliphatic rings. The summed E-state index contributed by atoms with van der Waals surface area (Å²) in [5.74, 6) is 1.06. The Balaban J connectivity index is 1.76. The number of rotatable bonds is 3. The molecule has 0 radical (unpaired) electrons. The zero-order chi connectivity index (χ0) is 15.1. The minimum absolute atomic E-state index is 0.149. The first-order valence-corrected chi connectivity index (χ1v) is 8.18. The highest BCUT2D eigenvalue weighted by Gasteiger charge is 2.44. The molecule has 4 heterocycles. The summed E-state index contributed by atoms with van der Waals surface area (Å²) in [6.45, 7) is 6.24. The van der Waals surface area contributed by atoms with Crippen molar-refractivity contribution < 1.29 is 5.11 Å². The Morgan fingerprint density at radius 3 is 2.77 bits per heavy atom. The molecule has 3 nitrogen and oxygen atoms in total. The van der Waals surface area contributed by atoms with Crippen molar-refractivity contribution in [2.24, 2.45) is 11.8 Å². The first-order valence-electron chi connectivity index (χ1n) is 8.18. The SMILES string of the molecule is C=CC1C2CCN(CC2)C1C(O)c1ccnc2ccccc12. The van der Waals surface area contributed by atoms with E-state index in [0.717, 1.165) is 29.6 Å². The van der Waals surface area contributed by atoms with E-state index < -0.39 is 6.10 Å². The van der Waals surface area contributed by atoms with Gasteiger partial charge in [-0.25, -0.2) is 0 Å². The lowest BCUT2D eigenvalue weighted by Crippen LogP contribution is -2.56. The highest BCUT2D eigenvalue weighted by Crippen LogP contribution is 2.43. The molecular formula is C19H22N2O. The highest BCUT2D eigenvalue weighted by atomic mass is 16.3. The van der Waals surface area contributed by atoms with Crippen molar-refractivity contribution in [3.8, 4) is 0 Å². The predicted octanol–water partition coefficient (Wildman–Crippen LogP) is 3.16. The molecule has 3 heteroatoms. The van der Waals surface area contributed by atoms with Crippen molar-refractivity contribution >= 4 is 10.9 Å². The molecule has 3 unspecified atom stereocenters. The number of fused-ring (bicyclic) bond motifs is 4. The fourth-order valence-electron chi connectivity index (χ4n) is 4.43. The summed E-state index contributed by atoms with van der Waals surface area (Å²) in [4.78, 5) is 6.86. The molecule has 5 rings (SSSR count). The van der Waals surface area contributed by atoms with Crippen LogP contribution >= 0.6 is 0 Å². The standard InChI is InChI=1S/C19H22N2O/c1-2-14-13-8-11-21(12-9-13)18(14)19(22)16-7-10-20-17-6-4-3-5-15(16)17/h2-7,10,13-14,18-19,22H,1,8-9,11-12H2. The lowest BCUT2D eigenvalue weighted by atomic mass is 9.71. The van der Waals surface area contributed by atoms with Crippen molar-refractivity contribution in [1.29, 1.82) is 0 Å². The van der Waals surface area contributed by atoms with Gasteiger partial charge in [0, 0.05) is 17.6 Å². The quantitative estimate of drug-likeness (QED) is 0.883. The van der Waals surface area contributed by atoms with Crippen LogP contribution in [-0.4, -0.2) is 34.1 Å². The molecule has 22 heavy (non-hydrogen) atoms. The van der Waals surface area contributed by atoms with Crippen LogP contribution in [0.1, 0.15) is 24.5 Å². The van der Waals surface area contributed by atoms with E-state index >= 15 is 0 Å². The van der Waals surface area contributed by atoms with Crippen LogP contribution in [0.2, 0.25) is 0 Å². The van der Waals surface area contributed by atoms with E-state index in [1.165, 1.54) is 12.8 Å². The maximum absolute atomic E-state index is 11.1. The van der Waals surface area contributed by atoms with Crippen molar-refractivity contribution in [2.75, 3.05) is 13.1 Å². The number of aromatic nitrogens is 1. The van der Waals surface area contributed by atoms with E-state index in [-0.39, 0.29) is 6.04 Å². The fraction of sp³-hybridized carbons (Fsp3) is 0.421. The number of hydrogen-bond donors (Lipinski definition) is 1. The molecule has 2 aromatic rings. The Labute approximate surface area is 131 Å². The molecule has 3 fully saturated rings. The number of para-hydroxylation sites is 1. The van der Waals surface area contributed by atoms with Crippen LogP contribution in [0.5, 0.6) is 0 Å². The predicted molar refractivity (Wildman–Crippen MR) is 88.5 cm³/mol. The van der Waals surface area contributed by atoms with Gasteiger partial charge in [0.2, 0.25) is 0 Å². The van der Waals surface area contributed by atoms with Crippen LogP contribution in [0.4, 0.5) is 0 Å². The topological polar surface area (TPSA) is 36.4 Å². The number of pyridine rings is 1. The van der Waals surface area contributed by atoms with E-state index in [1.54, 1.807) is 6.20 Å². The molecule has 1 N–H and O–H groups in total. The molecule has 0 amide bonds. The van der Waals surface area contributed by atoms with Crippen molar-refractivity contribution in [2.45, 2.75) is 25.0 Å². The summed E-state index contributed by atoms with van der Waals surface area (Å²) < 4.78 is 0. The van der Waals surface area contributed by atoms with Gasteiger partial charge in [0.1, 0.15) is 0 Å². The highest BCUT2D eigenvalue weighted by molar-refractivity contribution is 5.82. The molecular weight excluding hydrogens is 272 g/mol. The zero-order valence-corrected chi connectivity index (χ0v) is 12.7. The van der Waals surface area contributed by atoms with E-state index in [0.29, 0.717) is 11.8 Å². The second kappa shape index (κ2) is 5.49. The Bertz CT molecular complexity index is 685. The smallest absolute Gasteiger partial charge is 0.0958 e. The molecule has 1 aromatic heterocycles. The molecule has 3 aliphatic heterocycles. The number of piperidine rings is 3. The van der Waals surface area contributed by atoms with Gasteiger partial charge in [0.05, 0.1) is 11.6 Å². The minimum atomic E-state index is -0.487. The van der Waals surface area contributed by atoms with Gasteiger partial charge in [0.25, 0.3) is 0 Å². The lowest BCUT2D eigenvalue weighted by Gasteiger charge is -2.51. The average molecular weight is 294 g/mol. The van der Waals surface area contributed by atoms with Crippen molar-refractivity contribution in [3.63, 3.8) is 0 Å². The van der Waals surface area contributed by atoms with Crippen LogP contribution in [0.3, 0.4) is 0 Å². The average Bonchev–Trinajstić information content (AvgIpc) is 2.60. The number of benzene rings is 1. The van der Waals surface area contributed by atoms with Crippen LogP contribution in [0.15, 0.2) is 49.2 Å².